The van der Waals surface area contributed by atoms with Crippen molar-refractivity contribution in [2.24, 2.45) is 0 Å². The molecule has 6 aromatic carbocycles. The zero-order chi connectivity index (χ0) is 25.3. The molecule has 1 heterocycles. The highest BCUT2D eigenvalue weighted by molar-refractivity contribution is 5.98. The van der Waals surface area contributed by atoms with Gasteiger partial charge in [-0.15, -0.1) is 0 Å². The summed E-state index contributed by atoms with van der Waals surface area (Å²) in [5.74, 6) is 0. The van der Waals surface area contributed by atoms with Crippen LogP contribution in [0.3, 0.4) is 0 Å². The van der Waals surface area contributed by atoms with Gasteiger partial charge in [0, 0.05) is 11.1 Å². The number of benzene rings is 6. The molecule has 2 nitrogen and oxygen atoms in total. The van der Waals surface area contributed by atoms with Gasteiger partial charge in [-0.2, -0.15) is 0 Å². The van der Waals surface area contributed by atoms with Crippen LogP contribution in [0.2, 0.25) is 0 Å². The molecule has 7 aromatic rings. The maximum Gasteiger partial charge on any atom is 0.116 e. The van der Waals surface area contributed by atoms with Crippen LogP contribution in [-0.2, 0) is 0 Å². The van der Waals surface area contributed by atoms with Gasteiger partial charge in [-0.3, -0.25) is 0 Å². The third-order valence-corrected chi connectivity index (χ3v) is 7.19. The maximum absolute atomic E-state index is 4.64. The zero-order valence-corrected chi connectivity index (χ0v) is 20.8. The molecule has 0 amide bonds. The second-order valence-corrected chi connectivity index (χ2v) is 9.50. The average Bonchev–Trinajstić information content (AvgIpc) is 3.01. The lowest BCUT2D eigenvalue weighted by Crippen LogP contribution is -1.91. The van der Waals surface area contributed by atoms with Gasteiger partial charge in [-0.05, 0) is 62.0 Å². The molecule has 0 fully saturated rings. The number of aromatic nitrogens is 2. The Morgan fingerprint density at radius 2 is 0.763 bits per heavy atom. The van der Waals surface area contributed by atoms with Gasteiger partial charge in [-0.1, -0.05) is 121 Å². The summed E-state index contributed by atoms with van der Waals surface area (Å²) >= 11 is 0. The second-order valence-electron chi connectivity index (χ2n) is 9.50. The van der Waals surface area contributed by atoms with Crippen molar-refractivity contribution >= 4 is 21.5 Å². The van der Waals surface area contributed by atoms with Gasteiger partial charge in [0.25, 0.3) is 0 Å². The van der Waals surface area contributed by atoms with E-state index in [1.807, 2.05) is 0 Å². The predicted octanol–water partition coefficient (Wildman–Crippen LogP) is 9.45. The monoisotopic (exact) mass is 484 g/mol. The highest BCUT2D eigenvalue weighted by Gasteiger charge is 2.10. The maximum atomic E-state index is 4.64. The minimum atomic E-state index is 0.910. The first kappa shape index (κ1) is 22.1. The number of hydrogen-bond acceptors (Lipinski definition) is 2. The average molecular weight is 485 g/mol. The fraction of sp³-hybridized carbons (Fsp3) is 0. The Hall–Kier alpha value is -5.08. The smallest absolute Gasteiger partial charge is 0.116 e. The summed E-state index contributed by atoms with van der Waals surface area (Å²) in [7, 11) is 0. The second kappa shape index (κ2) is 9.42. The SMILES string of the molecule is c1cc(-c2cc(-c3cccc(-c4cccc5ccccc45)c3)ncn2)cc(-c2cccc3ccccc23)c1. The van der Waals surface area contributed by atoms with Crippen molar-refractivity contribution in [1.82, 2.24) is 9.97 Å². The Bertz CT molecular complexity index is 1790. The highest BCUT2D eigenvalue weighted by Crippen LogP contribution is 2.34. The number of fused-ring (bicyclic) bond motifs is 2. The van der Waals surface area contributed by atoms with Crippen LogP contribution >= 0.6 is 0 Å². The first-order valence-corrected chi connectivity index (χ1v) is 12.8. The minimum absolute atomic E-state index is 0.910. The summed E-state index contributed by atoms with van der Waals surface area (Å²) in [6, 6.07) is 49.3. The summed E-state index contributed by atoms with van der Waals surface area (Å²) in [4.78, 5) is 9.29. The number of hydrogen-bond donors (Lipinski definition) is 0. The van der Waals surface area contributed by atoms with E-state index >= 15 is 0 Å². The van der Waals surface area contributed by atoms with E-state index in [0.29, 0.717) is 0 Å². The van der Waals surface area contributed by atoms with Crippen LogP contribution in [0.4, 0.5) is 0 Å². The fourth-order valence-corrected chi connectivity index (χ4v) is 5.32. The quantitative estimate of drug-likeness (QED) is 0.249. The van der Waals surface area contributed by atoms with Crippen molar-refractivity contribution in [2.75, 3.05) is 0 Å². The Kier molecular flexibility index (Phi) is 5.49. The molecule has 0 bridgehead atoms. The topological polar surface area (TPSA) is 25.8 Å². The van der Waals surface area contributed by atoms with E-state index in [9.17, 15) is 0 Å². The van der Waals surface area contributed by atoms with E-state index < -0.39 is 0 Å². The van der Waals surface area contributed by atoms with Crippen LogP contribution in [0.1, 0.15) is 0 Å². The molecule has 0 saturated heterocycles. The largest absolute Gasteiger partial charge is 0.236 e. The Balaban J connectivity index is 1.28. The molecule has 0 aliphatic rings. The normalized spacial score (nSPS) is 11.2. The molecule has 2 heteroatoms. The van der Waals surface area contributed by atoms with Crippen LogP contribution in [0.25, 0.3) is 66.3 Å². The highest BCUT2D eigenvalue weighted by atomic mass is 14.8. The fourth-order valence-electron chi connectivity index (χ4n) is 5.32. The molecule has 0 unspecified atom stereocenters. The van der Waals surface area contributed by atoms with Crippen molar-refractivity contribution in [3.05, 3.63) is 146 Å². The van der Waals surface area contributed by atoms with Crippen molar-refractivity contribution in [2.45, 2.75) is 0 Å². The van der Waals surface area contributed by atoms with Crippen molar-refractivity contribution in [1.29, 1.82) is 0 Å². The van der Waals surface area contributed by atoms with Crippen LogP contribution < -0.4 is 0 Å². The molecule has 0 atom stereocenters. The summed E-state index contributed by atoms with van der Waals surface area (Å²) in [5.41, 5.74) is 8.77. The van der Waals surface area contributed by atoms with Gasteiger partial charge in [0.2, 0.25) is 0 Å². The minimum Gasteiger partial charge on any atom is -0.236 e. The van der Waals surface area contributed by atoms with Gasteiger partial charge in [0.15, 0.2) is 0 Å². The molecular weight excluding hydrogens is 460 g/mol. The van der Waals surface area contributed by atoms with E-state index in [2.05, 4.69) is 149 Å². The van der Waals surface area contributed by atoms with Gasteiger partial charge in [0.1, 0.15) is 6.33 Å². The van der Waals surface area contributed by atoms with Crippen LogP contribution in [0.15, 0.2) is 146 Å². The van der Waals surface area contributed by atoms with Gasteiger partial charge >= 0.3 is 0 Å². The lowest BCUT2D eigenvalue weighted by Gasteiger charge is -2.11. The number of nitrogens with zero attached hydrogens (tertiary/aromatic N) is 2. The third kappa shape index (κ3) is 4.03. The van der Waals surface area contributed by atoms with E-state index in [-0.39, 0.29) is 0 Å². The molecule has 1 aromatic heterocycles. The van der Waals surface area contributed by atoms with Crippen molar-refractivity contribution in [3.8, 4) is 44.8 Å². The Labute approximate surface area is 221 Å². The number of rotatable bonds is 4. The van der Waals surface area contributed by atoms with Gasteiger partial charge in [0.05, 0.1) is 11.4 Å². The first-order valence-electron chi connectivity index (χ1n) is 12.8. The summed E-state index contributed by atoms with van der Waals surface area (Å²) < 4.78 is 0. The summed E-state index contributed by atoms with van der Waals surface area (Å²) in [5, 5.41) is 4.98. The molecule has 178 valence electrons. The van der Waals surface area contributed by atoms with Crippen LogP contribution in [-0.4, -0.2) is 9.97 Å². The van der Waals surface area contributed by atoms with Crippen molar-refractivity contribution < 1.29 is 0 Å². The molecule has 0 aliphatic carbocycles. The molecule has 7 rings (SSSR count). The summed E-state index contributed by atoms with van der Waals surface area (Å²) in [6.45, 7) is 0. The molecule has 0 radical (unpaired) electrons. The van der Waals surface area contributed by atoms with E-state index in [1.54, 1.807) is 6.33 Å². The van der Waals surface area contributed by atoms with E-state index in [0.717, 1.165) is 22.5 Å². The first-order chi connectivity index (χ1) is 18.8. The Morgan fingerprint density at radius 3 is 1.29 bits per heavy atom. The van der Waals surface area contributed by atoms with Crippen LogP contribution in [0.5, 0.6) is 0 Å². The van der Waals surface area contributed by atoms with E-state index in [1.165, 1.54) is 43.8 Å². The molecule has 0 saturated carbocycles. The van der Waals surface area contributed by atoms with Gasteiger partial charge in [-0.25, -0.2) is 9.97 Å². The molecule has 0 N–H and O–H groups in total. The zero-order valence-electron chi connectivity index (χ0n) is 20.8. The van der Waals surface area contributed by atoms with Crippen LogP contribution in [0, 0.1) is 0 Å². The molecule has 38 heavy (non-hydrogen) atoms. The Morgan fingerprint density at radius 1 is 0.342 bits per heavy atom. The predicted molar refractivity (Wildman–Crippen MR) is 159 cm³/mol. The lowest BCUT2D eigenvalue weighted by atomic mass is 9.95. The van der Waals surface area contributed by atoms with Crippen molar-refractivity contribution in [3.63, 3.8) is 0 Å². The molecule has 0 spiro atoms. The molecule has 0 aliphatic heterocycles. The van der Waals surface area contributed by atoms with Gasteiger partial charge < -0.3 is 0 Å². The van der Waals surface area contributed by atoms with E-state index in [4.69, 9.17) is 0 Å². The lowest BCUT2D eigenvalue weighted by molar-refractivity contribution is 1.18. The third-order valence-electron chi connectivity index (χ3n) is 7.19. The standard InChI is InChI=1S/C36H24N2/c1-3-17-31-25(9-1)11-7-19-33(31)27-13-5-15-29(21-27)35-23-36(38-24-37-35)30-16-6-14-28(22-30)34-20-8-12-26-10-2-4-18-32(26)34/h1-24H. The summed E-state index contributed by atoms with van der Waals surface area (Å²) in [6.07, 6.45) is 1.67. The molecular formula is C36H24N2.